The van der Waals surface area contributed by atoms with Crippen molar-refractivity contribution in [1.29, 1.82) is 0 Å². The lowest BCUT2D eigenvalue weighted by molar-refractivity contribution is -0.131. The van der Waals surface area contributed by atoms with E-state index in [9.17, 15) is 9.59 Å². The van der Waals surface area contributed by atoms with E-state index in [4.69, 9.17) is 4.74 Å². The quantitative estimate of drug-likeness (QED) is 0.778. The molecule has 2 aliphatic rings. The molecule has 0 bridgehead atoms. The lowest BCUT2D eigenvalue weighted by atomic mass is 9.83. The van der Waals surface area contributed by atoms with Gasteiger partial charge in [-0.3, -0.25) is 9.59 Å². The molecule has 0 spiro atoms. The minimum absolute atomic E-state index is 0.0926. The van der Waals surface area contributed by atoms with Crippen LogP contribution >= 0.6 is 0 Å². The Balaban J connectivity index is 1.54. The first-order chi connectivity index (χ1) is 14.6. The molecule has 2 heterocycles. The molecule has 0 aliphatic carbocycles. The van der Waals surface area contributed by atoms with Crippen molar-refractivity contribution in [2.75, 3.05) is 20.2 Å². The van der Waals surface area contributed by atoms with Crippen LogP contribution in [-0.4, -0.2) is 42.5 Å². The van der Waals surface area contributed by atoms with Crippen LogP contribution in [-0.2, 0) is 16.0 Å². The summed E-state index contributed by atoms with van der Waals surface area (Å²) in [6, 6.07) is 12.3. The number of methoxy groups -OCH3 is 1. The minimum Gasteiger partial charge on any atom is -0.496 e. The van der Waals surface area contributed by atoms with Crippen LogP contribution in [0, 0.1) is 0 Å². The molecule has 0 aromatic heterocycles. The first kappa shape index (κ1) is 20.7. The van der Waals surface area contributed by atoms with Crippen LogP contribution in [0.25, 0.3) is 10.8 Å². The minimum atomic E-state index is -0.351. The number of hydrogen-bond donors (Lipinski definition) is 1. The molecule has 2 aromatic rings. The number of carbonyl (C=O) groups is 2. The summed E-state index contributed by atoms with van der Waals surface area (Å²) < 4.78 is 5.53. The number of benzene rings is 2. The number of carbonyl (C=O) groups excluding carboxylic acids is 2. The highest BCUT2D eigenvalue weighted by molar-refractivity contribution is 5.91. The number of amides is 2. The fourth-order valence-electron chi connectivity index (χ4n) is 5.04. The number of hydrogen-bond acceptors (Lipinski definition) is 3. The molecule has 5 heteroatoms. The summed E-state index contributed by atoms with van der Waals surface area (Å²) in [6.07, 6.45) is 7.87. The zero-order valence-electron chi connectivity index (χ0n) is 17.9. The van der Waals surface area contributed by atoms with Crippen LogP contribution in [0.15, 0.2) is 36.4 Å². The largest absolute Gasteiger partial charge is 0.496 e. The molecule has 0 unspecified atom stereocenters. The van der Waals surface area contributed by atoms with Crippen molar-refractivity contribution in [2.45, 2.75) is 63.3 Å². The van der Waals surface area contributed by atoms with Gasteiger partial charge < -0.3 is 15.0 Å². The molecule has 30 heavy (non-hydrogen) atoms. The van der Waals surface area contributed by atoms with E-state index < -0.39 is 0 Å². The average molecular weight is 409 g/mol. The van der Waals surface area contributed by atoms with Crippen molar-refractivity contribution in [3.05, 3.63) is 42.0 Å². The molecule has 2 fully saturated rings. The molecule has 1 N–H and O–H groups in total. The molecule has 0 radical (unpaired) electrons. The van der Waals surface area contributed by atoms with Gasteiger partial charge >= 0.3 is 0 Å². The van der Waals surface area contributed by atoms with Crippen LogP contribution in [0.3, 0.4) is 0 Å². The topological polar surface area (TPSA) is 58.6 Å². The Morgan fingerprint density at radius 3 is 2.47 bits per heavy atom. The van der Waals surface area contributed by atoms with Crippen molar-refractivity contribution in [1.82, 2.24) is 10.2 Å². The molecule has 0 saturated carbocycles. The highest BCUT2D eigenvalue weighted by Crippen LogP contribution is 2.35. The zero-order valence-corrected chi connectivity index (χ0v) is 17.9. The predicted molar refractivity (Wildman–Crippen MR) is 119 cm³/mol. The summed E-state index contributed by atoms with van der Waals surface area (Å²) in [6.45, 7) is 1.75. The lowest BCUT2D eigenvalue weighted by Gasteiger charge is -2.31. The Kier molecular flexibility index (Phi) is 6.26. The molecule has 2 aromatic carbocycles. The van der Waals surface area contributed by atoms with Gasteiger partial charge in [-0.15, -0.1) is 0 Å². The van der Waals surface area contributed by atoms with Crippen molar-refractivity contribution in [2.24, 2.45) is 0 Å². The summed E-state index contributed by atoms with van der Waals surface area (Å²) in [5.41, 5.74) is 0.839. The van der Waals surface area contributed by atoms with Crippen molar-refractivity contribution in [3.8, 4) is 5.75 Å². The molecule has 160 valence electrons. The summed E-state index contributed by atoms with van der Waals surface area (Å²) in [7, 11) is 1.69. The standard InChI is InChI=1S/C25H32N2O3/c1-30-22-11-10-19(20-8-4-5-9-21(20)22)18-25(14-12-23(28)26-25)15-13-24(29)27-16-6-2-3-7-17-27/h4-5,8-11H,2-3,6-7,12-18H2,1H3,(H,26,28)/t25-/m1/s1. The highest BCUT2D eigenvalue weighted by Gasteiger charge is 2.38. The van der Waals surface area contributed by atoms with Gasteiger partial charge in [0.15, 0.2) is 0 Å². The van der Waals surface area contributed by atoms with Crippen LogP contribution in [0.4, 0.5) is 0 Å². The SMILES string of the molecule is COc1ccc(C[C@]2(CCC(=O)N3CCCCCC3)CCC(=O)N2)c2ccccc12. The summed E-state index contributed by atoms with van der Waals surface area (Å²) >= 11 is 0. The molecule has 5 nitrogen and oxygen atoms in total. The van der Waals surface area contributed by atoms with E-state index in [-0.39, 0.29) is 17.4 Å². The Hall–Kier alpha value is -2.56. The lowest BCUT2D eigenvalue weighted by Crippen LogP contribution is -2.45. The van der Waals surface area contributed by atoms with Gasteiger partial charge in [0.2, 0.25) is 11.8 Å². The van der Waals surface area contributed by atoms with Crippen molar-refractivity contribution < 1.29 is 14.3 Å². The number of ether oxygens (including phenoxy) is 1. The van der Waals surface area contributed by atoms with Crippen molar-refractivity contribution >= 4 is 22.6 Å². The second kappa shape index (κ2) is 9.07. The van der Waals surface area contributed by atoms with Crippen LogP contribution in [0.5, 0.6) is 5.75 Å². The number of rotatable bonds is 6. The first-order valence-electron chi connectivity index (χ1n) is 11.2. The summed E-state index contributed by atoms with van der Waals surface area (Å²) in [5.74, 6) is 1.18. The van der Waals surface area contributed by atoms with Gasteiger partial charge in [-0.25, -0.2) is 0 Å². The fraction of sp³-hybridized carbons (Fsp3) is 0.520. The Labute approximate surface area is 178 Å². The van der Waals surface area contributed by atoms with Crippen LogP contribution in [0.2, 0.25) is 0 Å². The Morgan fingerprint density at radius 1 is 1.07 bits per heavy atom. The van der Waals surface area contributed by atoms with Gasteiger partial charge in [0, 0.05) is 36.9 Å². The molecular weight excluding hydrogens is 376 g/mol. The molecular formula is C25H32N2O3. The highest BCUT2D eigenvalue weighted by atomic mass is 16.5. The zero-order chi connectivity index (χ0) is 21.0. The van der Waals surface area contributed by atoms with Gasteiger partial charge in [0.1, 0.15) is 5.75 Å². The summed E-state index contributed by atoms with van der Waals surface area (Å²) in [5, 5.41) is 5.47. The van der Waals surface area contributed by atoms with E-state index in [0.29, 0.717) is 19.3 Å². The van der Waals surface area contributed by atoms with Gasteiger partial charge in [0.25, 0.3) is 0 Å². The average Bonchev–Trinajstić information content (AvgIpc) is 2.95. The van der Waals surface area contributed by atoms with Crippen molar-refractivity contribution in [3.63, 3.8) is 0 Å². The first-order valence-corrected chi connectivity index (χ1v) is 11.2. The van der Waals surface area contributed by atoms with Gasteiger partial charge in [-0.2, -0.15) is 0 Å². The molecule has 2 saturated heterocycles. The fourth-order valence-corrected chi connectivity index (χ4v) is 5.04. The second-order valence-electron chi connectivity index (χ2n) is 8.77. The molecule has 2 aliphatic heterocycles. The van der Waals surface area contributed by atoms with Crippen LogP contribution in [0.1, 0.15) is 56.9 Å². The monoisotopic (exact) mass is 408 g/mol. The third-order valence-electron chi connectivity index (χ3n) is 6.73. The second-order valence-corrected chi connectivity index (χ2v) is 8.77. The van der Waals surface area contributed by atoms with E-state index in [1.807, 2.05) is 23.1 Å². The Bertz CT molecular complexity index is 918. The molecule has 4 rings (SSSR count). The number of fused-ring (bicyclic) bond motifs is 1. The third-order valence-corrected chi connectivity index (χ3v) is 6.73. The Morgan fingerprint density at radius 2 is 1.80 bits per heavy atom. The maximum atomic E-state index is 12.9. The van der Waals surface area contributed by atoms with E-state index in [2.05, 4.69) is 23.5 Å². The summed E-state index contributed by atoms with van der Waals surface area (Å²) in [4.78, 5) is 27.1. The van der Waals surface area contributed by atoms with Gasteiger partial charge in [-0.1, -0.05) is 43.2 Å². The maximum absolute atomic E-state index is 12.9. The van der Waals surface area contributed by atoms with E-state index in [0.717, 1.165) is 55.3 Å². The predicted octanol–water partition coefficient (Wildman–Crippen LogP) is 4.22. The van der Waals surface area contributed by atoms with E-state index >= 15 is 0 Å². The number of likely N-dealkylation sites (tertiary alicyclic amines) is 1. The number of nitrogens with zero attached hydrogens (tertiary/aromatic N) is 1. The molecule has 2 amide bonds. The van der Waals surface area contributed by atoms with Crippen LogP contribution < -0.4 is 10.1 Å². The third kappa shape index (κ3) is 4.45. The maximum Gasteiger partial charge on any atom is 0.222 e. The van der Waals surface area contributed by atoms with E-state index in [1.54, 1.807) is 7.11 Å². The van der Waals surface area contributed by atoms with E-state index in [1.165, 1.54) is 18.4 Å². The number of nitrogens with one attached hydrogen (secondary N) is 1. The van der Waals surface area contributed by atoms with Gasteiger partial charge in [0.05, 0.1) is 7.11 Å². The smallest absolute Gasteiger partial charge is 0.222 e. The molecule has 1 atom stereocenters. The van der Waals surface area contributed by atoms with Gasteiger partial charge in [-0.05, 0) is 49.1 Å². The normalized spacial score (nSPS) is 22.0.